The summed E-state index contributed by atoms with van der Waals surface area (Å²) < 4.78 is 5.22. The molecule has 1 fully saturated rings. The van der Waals surface area contributed by atoms with Gasteiger partial charge in [-0.15, -0.1) is 0 Å². The predicted octanol–water partition coefficient (Wildman–Crippen LogP) is 1.97. The Hall–Kier alpha value is -0.810. The Morgan fingerprint density at radius 2 is 1.65 bits per heavy atom. The van der Waals surface area contributed by atoms with E-state index in [0.717, 1.165) is 25.7 Å². The van der Waals surface area contributed by atoms with Crippen molar-refractivity contribution in [2.24, 2.45) is 0 Å². The van der Waals surface area contributed by atoms with E-state index >= 15 is 0 Å². The fourth-order valence-electron chi connectivity index (χ4n) is 2.00. The zero-order valence-electron chi connectivity index (χ0n) is 11.2. The Labute approximate surface area is 103 Å². The van der Waals surface area contributed by atoms with E-state index in [2.05, 4.69) is 10.8 Å². The summed E-state index contributed by atoms with van der Waals surface area (Å²) in [6, 6.07) is 0.622. The van der Waals surface area contributed by atoms with E-state index in [-0.39, 0.29) is 12.1 Å². The van der Waals surface area contributed by atoms with Gasteiger partial charge in [0.25, 0.3) is 0 Å². The van der Waals surface area contributed by atoms with Gasteiger partial charge >= 0.3 is 6.09 Å². The van der Waals surface area contributed by atoms with Crippen LogP contribution in [-0.2, 0) is 9.57 Å². The Bertz CT molecular complexity index is 243. The van der Waals surface area contributed by atoms with Crippen LogP contribution in [0.25, 0.3) is 0 Å². The molecule has 1 aliphatic rings. The third-order valence-corrected chi connectivity index (χ3v) is 2.73. The van der Waals surface area contributed by atoms with Crippen LogP contribution < -0.4 is 10.8 Å². The number of carbonyl (C=O) groups is 1. The van der Waals surface area contributed by atoms with E-state index in [1.165, 1.54) is 0 Å². The highest BCUT2D eigenvalue weighted by Gasteiger charge is 2.24. The maximum Gasteiger partial charge on any atom is 0.407 e. The van der Waals surface area contributed by atoms with Gasteiger partial charge in [-0.2, -0.15) is 5.48 Å². The third kappa shape index (κ3) is 5.89. The second-order valence-corrected chi connectivity index (χ2v) is 5.52. The summed E-state index contributed by atoms with van der Waals surface area (Å²) in [6.45, 7) is 5.60. The first-order valence-electron chi connectivity index (χ1n) is 6.19. The normalized spacial score (nSPS) is 25.4. The maximum atomic E-state index is 11.6. The van der Waals surface area contributed by atoms with Crippen molar-refractivity contribution in [2.75, 3.05) is 7.11 Å². The number of rotatable bonds is 3. The molecule has 0 spiro atoms. The van der Waals surface area contributed by atoms with E-state index in [1.54, 1.807) is 7.11 Å². The van der Waals surface area contributed by atoms with Gasteiger partial charge in [-0.25, -0.2) is 4.79 Å². The molecule has 5 heteroatoms. The highest BCUT2D eigenvalue weighted by molar-refractivity contribution is 5.68. The summed E-state index contributed by atoms with van der Waals surface area (Å²) in [6.07, 6.45) is 3.61. The molecule has 0 atom stereocenters. The van der Waals surface area contributed by atoms with Crippen molar-refractivity contribution in [3.63, 3.8) is 0 Å². The molecule has 0 radical (unpaired) electrons. The van der Waals surface area contributed by atoms with E-state index < -0.39 is 5.60 Å². The third-order valence-electron chi connectivity index (χ3n) is 2.73. The minimum absolute atomic E-state index is 0.222. The lowest BCUT2D eigenvalue weighted by Crippen LogP contribution is -2.43. The standard InChI is InChI=1S/C12H24N2O3/c1-12(2,3)17-11(15)13-9-5-7-10(8-6-9)14-16-4/h9-10,14H,5-8H2,1-4H3,(H,13,15). The molecule has 0 aromatic heterocycles. The van der Waals surface area contributed by atoms with Crippen LogP contribution in [-0.4, -0.2) is 30.9 Å². The van der Waals surface area contributed by atoms with Crippen LogP contribution in [0.4, 0.5) is 4.79 Å². The number of ether oxygens (including phenoxy) is 1. The Kier molecular flexibility index (Phi) is 5.21. The van der Waals surface area contributed by atoms with Crippen molar-refractivity contribution in [3.8, 4) is 0 Å². The Morgan fingerprint density at radius 3 is 2.12 bits per heavy atom. The molecular formula is C12H24N2O3. The van der Waals surface area contributed by atoms with Gasteiger partial charge in [0.1, 0.15) is 5.60 Å². The van der Waals surface area contributed by atoms with Gasteiger partial charge in [-0.1, -0.05) is 0 Å². The monoisotopic (exact) mass is 244 g/mol. The second kappa shape index (κ2) is 6.21. The van der Waals surface area contributed by atoms with E-state index in [0.29, 0.717) is 6.04 Å². The number of carbonyl (C=O) groups excluding carboxylic acids is 1. The van der Waals surface area contributed by atoms with E-state index in [4.69, 9.17) is 9.57 Å². The first kappa shape index (κ1) is 14.3. The van der Waals surface area contributed by atoms with Crippen LogP contribution >= 0.6 is 0 Å². The number of hydroxylamine groups is 1. The zero-order valence-corrected chi connectivity index (χ0v) is 11.2. The minimum atomic E-state index is -0.432. The number of hydrogen-bond acceptors (Lipinski definition) is 4. The average molecular weight is 244 g/mol. The molecule has 17 heavy (non-hydrogen) atoms. The molecule has 1 aliphatic carbocycles. The highest BCUT2D eigenvalue weighted by Crippen LogP contribution is 2.19. The van der Waals surface area contributed by atoms with Crippen LogP contribution in [0, 0.1) is 0 Å². The van der Waals surface area contributed by atoms with Crippen LogP contribution in [0.1, 0.15) is 46.5 Å². The second-order valence-electron chi connectivity index (χ2n) is 5.52. The Morgan fingerprint density at radius 1 is 1.12 bits per heavy atom. The molecule has 5 nitrogen and oxygen atoms in total. The van der Waals surface area contributed by atoms with Crippen molar-refractivity contribution in [3.05, 3.63) is 0 Å². The molecule has 1 rings (SSSR count). The number of hydrogen-bond donors (Lipinski definition) is 2. The van der Waals surface area contributed by atoms with Crippen molar-refractivity contribution >= 4 is 6.09 Å². The van der Waals surface area contributed by atoms with Gasteiger partial charge in [0.15, 0.2) is 0 Å². The van der Waals surface area contributed by atoms with Gasteiger partial charge in [-0.05, 0) is 46.5 Å². The van der Waals surface area contributed by atoms with Crippen LogP contribution in [0.3, 0.4) is 0 Å². The molecule has 100 valence electrons. The van der Waals surface area contributed by atoms with Gasteiger partial charge in [-0.3, -0.25) is 0 Å². The number of nitrogens with one attached hydrogen (secondary N) is 2. The molecule has 0 saturated heterocycles. The smallest absolute Gasteiger partial charge is 0.407 e. The SMILES string of the molecule is CONC1CCC(NC(=O)OC(C)(C)C)CC1. The average Bonchev–Trinajstić information content (AvgIpc) is 2.18. The van der Waals surface area contributed by atoms with Gasteiger partial charge < -0.3 is 14.9 Å². The number of alkyl carbamates (subject to hydrolysis) is 1. The lowest BCUT2D eigenvalue weighted by atomic mass is 9.92. The molecule has 0 aliphatic heterocycles. The topological polar surface area (TPSA) is 59.6 Å². The van der Waals surface area contributed by atoms with Gasteiger partial charge in [0.05, 0.1) is 7.11 Å². The summed E-state index contributed by atoms with van der Waals surface area (Å²) in [4.78, 5) is 16.5. The molecule has 0 heterocycles. The van der Waals surface area contributed by atoms with Gasteiger partial charge in [0.2, 0.25) is 0 Å². The summed E-state index contributed by atoms with van der Waals surface area (Å²) in [5, 5.41) is 2.91. The molecule has 1 amide bonds. The molecule has 0 aromatic rings. The summed E-state index contributed by atoms with van der Waals surface area (Å²) in [7, 11) is 1.63. The van der Waals surface area contributed by atoms with Crippen LogP contribution in [0.2, 0.25) is 0 Å². The zero-order chi connectivity index (χ0) is 12.9. The van der Waals surface area contributed by atoms with E-state index in [9.17, 15) is 4.79 Å². The highest BCUT2D eigenvalue weighted by atomic mass is 16.6. The Balaban J connectivity index is 2.24. The summed E-state index contributed by atoms with van der Waals surface area (Å²) in [5.41, 5.74) is 2.52. The lowest BCUT2D eigenvalue weighted by molar-refractivity contribution is 0.0381. The minimum Gasteiger partial charge on any atom is -0.444 e. The maximum absolute atomic E-state index is 11.6. The fourth-order valence-corrected chi connectivity index (χ4v) is 2.00. The van der Waals surface area contributed by atoms with Crippen molar-refractivity contribution < 1.29 is 14.4 Å². The lowest BCUT2D eigenvalue weighted by Gasteiger charge is -2.29. The van der Waals surface area contributed by atoms with Crippen molar-refractivity contribution in [2.45, 2.75) is 64.1 Å². The van der Waals surface area contributed by atoms with Crippen LogP contribution in [0.5, 0.6) is 0 Å². The fraction of sp³-hybridized carbons (Fsp3) is 0.917. The molecule has 0 aromatic carbocycles. The largest absolute Gasteiger partial charge is 0.444 e. The molecule has 0 unspecified atom stereocenters. The molecular weight excluding hydrogens is 220 g/mol. The van der Waals surface area contributed by atoms with Crippen LogP contribution in [0.15, 0.2) is 0 Å². The van der Waals surface area contributed by atoms with Gasteiger partial charge in [0, 0.05) is 12.1 Å². The first-order chi connectivity index (χ1) is 7.90. The van der Waals surface area contributed by atoms with Crippen molar-refractivity contribution in [1.29, 1.82) is 0 Å². The quantitative estimate of drug-likeness (QED) is 0.745. The summed E-state index contributed by atoms with van der Waals surface area (Å²) in [5.74, 6) is 0. The predicted molar refractivity (Wildman–Crippen MR) is 65.6 cm³/mol. The first-order valence-corrected chi connectivity index (χ1v) is 6.19. The number of amides is 1. The van der Waals surface area contributed by atoms with Crippen molar-refractivity contribution in [1.82, 2.24) is 10.8 Å². The molecule has 2 N–H and O–H groups in total. The molecule has 1 saturated carbocycles. The molecule has 0 bridgehead atoms. The summed E-state index contributed by atoms with van der Waals surface area (Å²) >= 11 is 0. The van der Waals surface area contributed by atoms with E-state index in [1.807, 2.05) is 20.8 Å².